The van der Waals surface area contributed by atoms with Gasteiger partial charge in [0.05, 0.1) is 17.3 Å². The predicted octanol–water partition coefficient (Wildman–Crippen LogP) is 5.54. The number of imide groups is 1. The lowest BCUT2D eigenvalue weighted by Crippen LogP contribution is -2.39. The Bertz CT molecular complexity index is 2450. The van der Waals surface area contributed by atoms with Gasteiger partial charge in [-0.3, -0.25) is 29.3 Å². The van der Waals surface area contributed by atoms with Gasteiger partial charge in [0.2, 0.25) is 23.6 Å². The Morgan fingerprint density at radius 2 is 1.64 bits per heavy atom. The summed E-state index contributed by atoms with van der Waals surface area (Å²) >= 11 is 0. The van der Waals surface area contributed by atoms with E-state index in [9.17, 15) is 24.0 Å². The molecule has 14 heteroatoms. The second-order valence-electron chi connectivity index (χ2n) is 15.3. The van der Waals surface area contributed by atoms with Crippen molar-refractivity contribution < 1.29 is 32.8 Å². The highest BCUT2D eigenvalue weighted by molar-refractivity contribution is 6.02. The van der Waals surface area contributed by atoms with Crippen molar-refractivity contribution in [2.45, 2.75) is 50.5 Å². The molecule has 3 fully saturated rings. The Hall–Kier alpha value is -6.59. The van der Waals surface area contributed by atoms with Crippen LogP contribution in [0.25, 0.3) is 11.1 Å². The molecule has 0 aromatic heterocycles. The van der Waals surface area contributed by atoms with Crippen molar-refractivity contribution >= 4 is 52.3 Å². The van der Waals surface area contributed by atoms with E-state index in [2.05, 4.69) is 33.2 Å². The van der Waals surface area contributed by atoms with Crippen LogP contribution in [-0.4, -0.2) is 63.3 Å². The number of carbonyl (C=O) groups excluding carboxylic acids is 5. The third kappa shape index (κ3) is 7.85. The van der Waals surface area contributed by atoms with Crippen molar-refractivity contribution in [2.75, 3.05) is 53.9 Å². The number of fused-ring (bicyclic) bond motifs is 1. The molecule has 0 spiro atoms. The summed E-state index contributed by atoms with van der Waals surface area (Å²) in [7, 11) is 3.22. The lowest BCUT2D eigenvalue weighted by molar-refractivity contribution is -0.134. The first-order valence-electron chi connectivity index (χ1n) is 19.8. The van der Waals surface area contributed by atoms with Crippen LogP contribution in [-0.2, 0) is 19.2 Å². The van der Waals surface area contributed by atoms with Crippen LogP contribution < -0.4 is 36.2 Å². The molecule has 12 nitrogen and oxygen atoms in total. The van der Waals surface area contributed by atoms with Gasteiger partial charge in [0, 0.05) is 91.7 Å². The van der Waals surface area contributed by atoms with Crippen molar-refractivity contribution in [1.82, 2.24) is 16.1 Å². The lowest BCUT2D eigenvalue weighted by Gasteiger charge is -2.32. The third-order valence-electron chi connectivity index (χ3n) is 11.5. The van der Waals surface area contributed by atoms with Gasteiger partial charge in [0.25, 0.3) is 5.91 Å². The molecule has 4 N–H and O–H groups in total. The number of benzene rings is 4. The molecule has 5 amide bonds. The maximum Gasteiger partial charge on any atom is 0.251 e. The quantitative estimate of drug-likeness (QED) is 0.141. The highest BCUT2D eigenvalue weighted by Gasteiger charge is 2.36. The van der Waals surface area contributed by atoms with Crippen LogP contribution in [0.2, 0.25) is 0 Å². The Labute approximate surface area is 340 Å². The Morgan fingerprint density at radius 3 is 2.37 bits per heavy atom. The van der Waals surface area contributed by atoms with E-state index in [1.807, 2.05) is 11.0 Å². The maximum absolute atomic E-state index is 17.0. The molecule has 3 saturated heterocycles. The summed E-state index contributed by atoms with van der Waals surface area (Å²) in [5, 5.41) is 9.30. The molecule has 0 bridgehead atoms. The Kier molecular flexibility index (Phi) is 10.9. The zero-order valence-corrected chi connectivity index (χ0v) is 32.7. The number of hydrazine groups is 1. The minimum absolute atomic E-state index is 0.00828. The van der Waals surface area contributed by atoms with Crippen LogP contribution >= 0.6 is 0 Å². The standard InChI is InChI=1S/C45H43F2N7O5/c1-48-43(57)29-5-3-6-30(23-29)49-45(59)42-40-37(52(2)51-42)16-13-34(41(40)47)32-12-11-31(54-20-4-7-39(54)56)24-27(32)9-8-26-18-21-53(22-19-26)36-15-10-28(25-35(36)46)33-14-17-38(55)50-44(33)58/h3,5-6,10-13,15-16,23-26,33,42,51H,4,7,14,17-22H2,1-2H3,(H,48,57)(H,49,59)(H,50,55,58). The van der Waals surface area contributed by atoms with Gasteiger partial charge < -0.3 is 25.4 Å². The van der Waals surface area contributed by atoms with Crippen LogP contribution in [0.4, 0.5) is 31.5 Å². The van der Waals surface area contributed by atoms with Crippen molar-refractivity contribution in [3.63, 3.8) is 0 Å². The molecule has 4 aliphatic rings. The summed E-state index contributed by atoms with van der Waals surface area (Å²) in [6.07, 6.45) is 3.03. The second-order valence-corrected chi connectivity index (χ2v) is 15.3. The van der Waals surface area contributed by atoms with Crippen molar-refractivity contribution in [2.24, 2.45) is 5.92 Å². The SMILES string of the molecule is CNC(=O)c1cccc(NC(=O)C2NN(C)c3ccc(-c4ccc(N5CCCC5=O)cc4C#CC4CCN(c5ccc(C6CCC(=O)NC6=O)cc5F)CC4)c(F)c32)c1. The number of nitrogens with zero attached hydrogens (tertiary/aromatic N) is 3. The van der Waals surface area contributed by atoms with Crippen molar-refractivity contribution in [3.05, 3.63) is 107 Å². The number of hydrogen-bond donors (Lipinski definition) is 4. The average Bonchev–Trinajstić information content (AvgIpc) is 3.83. The van der Waals surface area contributed by atoms with Gasteiger partial charge in [0.1, 0.15) is 17.7 Å². The van der Waals surface area contributed by atoms with Crippen molar-refractivity contribution in [1.29, 1.82) is 0 Å². The summed E-state index contributed by atoms with van der Waals surface area (Å²) in [5.74, 6) is 3.54. The summed E-state index contributed by atoms with van der Waals surface area (Å²) in [4.78, 5) is 66.3. The minimum Gasteiger partial charge on any atom is -0.369 e. The molecule has 4 aromatic carbocycles. The van der Waals surface area contributed by atoms with E-state index in [4.69, 9.17) is 0 Å². The zero-order chi connectivity index (χ0) is 41.4. The maximum atomic E-state index is 17.0. The molecule has 59 heavy (non-hydrogen) atoms. The fourth-order valence-corrected chi connectivity index (χ4v) is 8.38. The normalized spacial score (nSPS) is 19.3. The third-order valence-corrected chi connectivity index (χ3v) is 11.5. The van der Waals surface area contributed by atoms with Gasteiger partial charge in [-0.2, -0.15) is 0 Å². The molecule has 0 radical (unpaired) electrons. The van der Waals surface area contributed by atoms with Crippen LogP contribution in [0.1, 0.15) is 77.5 Å². The summed E-state index contributed by atoms with van der Waals surface area (Å²) in [6.45, 7) is 1.66. The molecule has 8 rings (SSSR count). The number of halogens is 2. The molecule has 4 heterocycles. The van der Waals surface area contributed by atoms with Gasteiger partial charge in [-0.1, -0.05) is 30.0 Å². The first-order valence-corrected chi connectivity index (χ1v) is 19.8. The first kappa shape index (κ1) is 39.2. The lowest BCUT2D eigenvalue weighted by atomic mass is 9.90. The minimum atomic E-state index is -1.08. The zero-order valence-electron chi connectivity index (χ0n) is 32.7. The summed E-state index contributed by atoms with van der Waals surface area (Å²) < 4.78 is 32.4. The number of nitrogens with one attached hydrogen (secondary N) is 4. The molecular weight excluding hydrogens is 757 g/mol. The van der Waals surface area contributed by atoms with Crippen LogP contribution in [0.15, 0.2) is 72.8 Å². The van der Waals surface area contributed by atoms with E-state index in [-0.39, 0.29) is 41.2 Å². The second kappa shape index (κ2) is 16.3. The Morgan fingerprint density at radius 1 is 0.864 bits per heavy atom. The van der Waals surface area contributed by atoms with Crippen LogP contribution in [0.3, 0.4) is 0 Å². The van der Waals surface area contributed by atoms with Gasteiger partial charge >= 0.3 is 0 Å². The van der Waals surface area contributed by atoms with Gasteiger partial charge in [-0.25, -0.2) is 14.2 Å². The predicted molar refractivity (Wildman–Crippen MR) is 220 cm³/mol. The smallest absolute Gasteiger partial charge is 0.251 e. The van der Waals surface area contributed by atoms with E-state index in [1.165, 1.54) is 13.1 Å². The molecule has 4 aromatic rings. The topological polar surface area (TPSA) is 143 Å². The first-order chi connectivity index (χ1) is 28.5. The van der Waals surface area contributed by atoms with Crippen LogP contribution in [0.5, 0.6) is 0 Å². The highest BCUT2D eigenvalue weighted by Crippen LogP contribution is 2.41. The molecule has 2 unspecified atom stereocenters. The average molecular weight is 800 g/mol. The number of piperidine rings is 2. The molecule has 0 saturated carbocycles. The fourth-order valence-electron chi connectivity index (χ4n) is 8.38. The molecular formula is C45H43F2N7O5. The number of carbonyl (C=O) groups is 5. The van der Waals surface area contributed by atoms with E-state index >= 15 is 8.78 Å². The highest BCUT2D eigenvalue weighted by atomic mass is 19.1. The summed E-state index contributed by atoms with van der Waals surface area (Å²) in [5.41, 5.74) is 7.39. The Balaban J connectivity index is 1.04. The van der Waals surface area contributed by atoms with Gasteiger partial charge in [0.15, 0.2) is 0 Å². The number of rotatable bonds is 7. The van der Waals surface area contributed by atoms with E-state index < -0.39 is 35.4 Å². The monoisotopic (exact) mass is 799 g/mol. The molecule has 302 valence electrons. The number of amides is 5. The molecule has 2 atom stereocenters. The van der Waals surface area contributed by atoms with E-state index in [1.54, 1.807) is 77.6 Å². The fraction of sp³-hybridized carbons (Fsp3) is 0.311. The van der Waals surface area contributed by atoms with Gasteiger partial charge in [-0.05, 0) is 85.8 Å². The molecule has 0 aliphatic carbocycles. The largest absolute Gasteiger partial charge is 0.369 e. The molecule has 4 aliphatic heterocycles. The number of anilines is 4. The van der Waals surface area contributed by atoms with Crippen molar-refractivity contribution in [3.8, 4) is 23.0 Å². The van der Waals surface area contributed by atoms with Gasteiger partial charge in [-0.15, -0.1) is 0 Å². The summed E-state index contributed by atoms with van der Waals surface area (Å²) in [6, 6.07) is 19.0. The number of hydrogen-bond acceptors (Lipinski definition) is 8. The van der Waals surface area contributed by atoms with E-state index in [0.717, 1.165) is 6.42 Å². The van der Waals surface area contributed by atoms with Crippen LogP contribution in [0, 0.1) is 29.4 Å². The van der Waals surface area contributed by atoms with E-state index in [0.29, 0.717) is 90.3 Å².